The molecule has 1 N–H and O–H groups in total. The fourth-order valence-corrected chi connectivity index (χ4v) is 4.42. The number of halogens is 3. The highest BCUT2D eigenvalue weighted by Crippen LogP contribution is 2.37. The van der Waals surface area contributed by atoms with Crippen LogP contribution < -0.4 is 5.32 Å². The summed E-state index contributed by atoms with van der Waals surface area (Å²) in [4.78, 5) is 33.9. The van der Waals surface area contributed by atoms with Gasteiger partial charge in [0, 0.05) is 37.0 Å². The van der Waals surface area contributed by atoms with E-state index in [9.17, 15) is 22.8 Å². The van der Waals surface area contributed by atoms with Gasteiger partial charge < -0.3 is 15.0 Å². The minimum Gasteiger partial charge on any atom is -0.465 e. The van der Waals surface area contributed by atoms with E-state index >= 15 is 0 Å². The van der Waals surface area contributed by atoms with Crippen LogP contribution in [0.1, 0.15) is 47.6 Å². The Bertz CT molecular complexity index is 1300. The Morgan fingerprint density at radius 2 is 1.76 bits per heavy atom. The summed E-state index contributed by atoms with van der Waals surface area (Å²) in [6.45, 7) is 1.37. The van der Waals surface area contributed by atoms with Gasteiger partial charge in [-0.3, -0.25) is 9.48 Å². The zero-order valence-electron chi connectivity index (χ0n) is 20.0. The van der Waals surface area contributed by atoms with E-state index in [0.29, 0.717) is 18.8 Å². The lowest BCUT2D eigenvalue weighted by Gasteiger charge is -2.32. The Morgan fingerprint density at radius 3 is 2.38 bits per heavy atom. The van der Waals surface area contributed by atoms with Crippen LogP contribution in [0.25, 0.3) is 11.3 Å². The van der Waals surface area contributed by atoms with Gasteiger partial charge in [0.2, 0.25) is 11.9 Å². The molecule has 2 fully saturated rings. The maximum Gasteiger partial charge on any atom is 0.419 e. The molecular formula is C25H25F3N6O3. The topological polar surface area (TPSA) is 102 Å². The molecule has 5 rings (SSSR count). The van der Waals surface area contributed by atoms with Crippen molar-refractivity contribution in [2.75, 3.05) is 25.5 Å². The number of aromatic nitrogens is 4. The van der Waals surface area contributed by atoms with Crippen LogP contribution in [-0.4, -0.2) is 56.7 Å². The molecule has 1 aliphatic heterocycles. The van der Waals surface area contributed by atoms with Crippen LogP contribution >= 0.6 is 0 Å². The highest BCUT2D eigenvalue weighted by atomic mass is 19.4. The molecule has 1 saturated heterocycles. The van der Waals surface area contributed by atoms with Gasteiger partial charge in [-0.25, -0.2) is 14.8 Å². The lowest BCUT2D eigenvalue weighted by Crippen LogP contribution is -2.39. The molecule has 0 unspecified atom stereocenters. The molecule has 1 saturated carbocycles. The van der Waals surface area contributed by atoms with E-state index in [1.807, 2.05) is 4.90 Å². The lowest BCUT2D eigenvalue weighted by atomic mass is 10.0. The van der Waals surface area contributed by atoms with Crippen molar-refractivity contribution in [3.63, 3.8) is 0 Å². The molecule has 2 aromatic heterocycles. The number of alkyl halides is 3. The van der Waals surface area contributed by atoms with Crippen molar-refractivity contribution in [3.05, 3.63) is 54.0 Å². The van der Waals surface area contributed by atoms with Crippen molar-refractivity contribution in [1.82, 2.24) is 24.6 Å². The van der Waals surface area contributed by atoms with Gasteiger partial charge in [0.25, 0.3) is 0 Å². The van der Waals surface area contributed by atoms with Crippen LogP contribution in [0, 0.1) is 5.92 Å². The van der Waals surface area contributed by atoms with Crippen LogP contribution in [0.15, 0.2) is 42.9 Å². The summed E-state index contributed by atoms with van der Waals surface area (Å²) in [6.07, 6.45) is 2.91. The number of benzene rings is 1. The molecule has 2 aliphatic rings. The van der Waals surface area contributed by atoms with Gasteiger partial charge in [0.15, 0.2) is 0 Å². The number of methoxy groups -OCH3 is 1. The molecule has 1 aromatic carbocycles. The number of anilines is 2. The van der Waals surface area contributed by atoms with Crippen molar-refractivity contribution in [2.24, 2.45) is 5.92 Å². The number of carbonyl (C=O) groups excluding carboxylic acids is 2. The number of carbonyl (C=O) groups is 2. The molecule has 1 aliphatic carbocycles. The number of nitrogens with zero attached hydrogens (tertiary/aromatic N) is 5. The van der Waals surface area contributed by atoms with Crippen molar-refractivity contribution < 1.29 is 27.5 Å². The third kappa shape index (κ3) is 5.42. The fourth-order valence-electron chi connectivity index (χ4n) is 4.42. The maximum absolute atomic E-state index is 13.7. The van der Waals surface area contributed by atoms with E-state index in [-0.39, 0.29) is 40.6 Å². The first-order chi connectivity index (χ1) is 17.7. The van der Waals surface area contributed by atoms with Crippen LogP contribution in [0.5, 0.6) is 0 Å². The standard InChI is InChI=1S/C25H25F3N6O3/c1-37-23(36)17-6-2-15(3-7-17)21-20(25(26,27)28)13-29-24(32-21)31-18-12-30-34(14-18)19-8-10-33(11-9-19)22(35)16-4-5-16/h2-3,6-7,12-14,16,19H,4-5,8-11H2,1H3,(H,29,31,32). The molecule has 9 nitrogen and oxygen atoms in total. The van der Waals surface area contributed by atoms with E-state index in [1.165, 1.54) is 31.4 Å². The minimum absolute atomic E-state index is 0.0237. The van der Waals surface area contributed by atoms with Gasteiger partial charge in [0.1, 0.15) is 5.56 Å². The Labute approximate surface area is 210 Å². The predicted octanol–water partition coefficient (Wildman–Crippen LogP) is 4.46. The molecule has 3 aromatic rings. The van der Waals surface area contributed by atoms with Gasteiger partial charge in [-0.15, -0.1) is 0 Å². The third-order valence-corrected chi connectivity index (χ3v) is 6.61. The van der Waals surface area contributed by atoms with E-state index in [0.717, 1.165) is 31.9 Å². The highest BCUT2D eigenvalue weighted by molar-refractivity contribution is 5.90. The summed E-state index contributed by atoms with van der Waals surface area (Å²) in [6, 6.07) is 5.64. The SMILES string of the molecule is COC(=O)c1ccc(-c2nc(Nc3cnn(C4CCN(C(=O)C5CC5)CC4)c3)ncc2C(F)(F)F)cc1. The zero-order valence-corrected chi connectivity index (χ0v) is 20.0. The van der Waals surface area contributed by atoms with Crippen molar-refractivity contribution in [1.29, 1.82) is 0 Å². The largest absolute Gasteiger partial charge is 0.465 e. The monoisotopic (exact) mass is 514 g/mol. The first kappa shape index (κ1) is 24.7. The molecule has 194 valence electrons. The van der Waals surface area contributed by atoms with Crippen LogP contribution in [0.3, 0.4) is 0 Å². The van der Waals surface area contributed by atoms with E-state index in [1.54, 1.807) is 17.1 Å². The smallest absolute Gasteiger partial charge is 0.419 e. The quantitative estimate of drug-likeness (QED) is 0.485. The molecular weight excluding hydrogens is 489 g/mol. The van der Waals surface area contributed by atoms with Crippen molar-refractivity contribution in [3.8, 4) is 11.3 Å². The summed E-state index contributed by atoms with van der Waals surface area (Å²) >= 11 is 0. The van der Waals surface area contributed by atoms with Gasteiger partial charge in [0.05, 0.1) is 36.3 Å². The number of piperidine rings is 1. The Balaban J connectivity index is 1.32. The maximum atomic E-state index is 13.7. The number of esters is 1. The molecule has 0 atom stereocenters. The fraction of sp³-hybridized carbons (Fsp3) is 0.400. The second-order valence-corrected chi connectivity index (χ2v) is 9.19. The number of nitrogens with one attached hydrogen (secondary N) is 1. The second-order valence-electron chi connectivity index (χ2n) is 9.19. The molecule has 1 amide bonds. The predicted molar refractivity (Wildman–Crippen MR) is 127 cm³/mol. The summed E-state index contributed by atoms with van der Waals surface area (Å²) in [5, 5.41) is 7.33. The Morgan fingerprint density at radius 1 is 1.05 bits per heavy atom. The first-order valence-electron chi connectivity index (χ1n) is 12.0. The molecule has 0 spiro atoms. The lowest BCUT2D eigenvalue weighted by molar-refractivity contribution is -0.137. The second kappa shape index (κ2) is 9.83. The highest BCUT2D eigenvalue weighted by Gasteiger charge is 2.36. The average Bonchev–Trinajstić information content (AvgIpc) is 3.66. The Kier molecular flexibility index (Phi) is 6.57. The third-order valence-electron chi connectivity index (χ3n) is 6.61. The number of amides is 1. The van der Waals surface area contributed by atoms with Gasteiger partial charge in [-0.05, 0) is 37.8 Å². The Hall–Kier alpha value is -3.96. The van der Waals surface area contributed by atoms with Gasteiger partial charge in [-0.2, -0.15) is 18.3 Å². The van der Waals surface area contributed by atoms with E-state index in [4.69, 9.17) is 0 Å². The number of rotatable bonds is 6. The van der Waals surface area contributed by atoms with Gasteiger partial charge in [-0.1, -0.05) is 12.1 Å². The van der Waals surface area contributed by atoms with E-state index in [2.05, 4.69) is 25.1 Å². The number of hydrogen-bond acceptors (Lipinski definition) is 7. The molecule has 0 bridgehead atoms. The summed E-state index contributed by atoms with van der Waals surface area (Å²) in [5.74, 6) is -0.165. The van der Waals surface area contributed by atoms with Crippen LogP contribution in [-0.2, 0) is 15.7 Å². The molecule has 37 heavy (non-hydrogen) atoms. The van der Waals surface area contributed by atoms with E-state index < -0.39 is 17.7 Å². The molecule has 0 radical (unpaired) electrons. The average molecular weight is 515 g/mol. The first-order valence-corrected chi connectivity index (χ1v) is 12.0. The van der Waals surface area contributed by atoms with Crippen molar-refractivity contribution in [2.45, 2.75) is 37.9 Å². The summed E-state index contributed by atoms with van der Waals surface area (Å²) in [7, 11) is 1.22. The zero-order chi connectivity index (χ0) is 26.2. The number of hydrogen-bond donors (Lipinski definition) is 1. The van der Waals surface area contributed by atoms with Crippen LogP contribution in [0.4, 0.5) is 24.8 Å². The van der Waals surface area contributed by atoms with Gasteiger partial charge >= 0.3 is 12.1 Å². The molecule has 12 heteroatoms. The normalized spacial score (nSPS) is 16.5. The summed E-state index contributed by atoms with van der Waals surface area (Å²) < 4.78 is 47.5. The minimum atomic E-state index is -4.67. The number of likely N-dealkylation sites (tertiary alicyclic amines) is 1. The van der Waals surface area contributed by atoms with Crippen molar-refractivity contribution >= 4 is 23.5 Å². The molecule has 3 heterocycles. The number of ether oxygens (including phenoxy) is 1. The van der Waals surface area contributed by atoms with Crippen LogP contribution in [0.2, 0.25) is 0 Å². The summed E-state index contributed by atoms with van der Waals surface area (Å²) in [5.41, 5.74) is -0.396.